The molecule has 0 amide bonds. The first-order valence-corrected chi connectivity index (χ1v) is 5.36. The molecule has 2 heterocycles. The molecule has 0 aliphatic carbocycles. The van der Waals surface area contributed by atoms with Gasteiger partial charge in [-0.2, -0.15) is 9.97 Å². The van der Waals surface area contributed by atoms with Crippen LogP contribution in [0.15, 0.2) is 29.0 Å². The molecule has 2 aromatic rings. The number of nitrogens with two attached hydrogens (primary N) is 2. The molecule has 0 aromatic carbocycles. The van der Waals surface area contributed by atoms with Gasteiger partial charge < -0.3 is 15.9 Å². The number of hydrogen-bond donors (Lipinski definition) is 3. The predicted molar refractivity (Wildman–Crippen MR) is 66.3 cm³/mol. The van der Waals surface area contributed by atoms with Crippen LogP contribution in [0.5, 0.6) is 11.6 Å². The zero-order chi connectivity index (χ0) is 12.3. The summed E-state index contributed by atoms with van der Waals surface area (Å²) in [6, 6.07) is 3.28. The van der Waals surface area contributed by atoms with E-state index in [0.29, 0.717) is 11.6 Å². The van der Waals surface area contributed by atoms with Crippen LogP contribution in [0.2, 0.25) is 0 Å². The molecule has 0 radical (unpaired) electrons. The summed E-state index contributed by atoms with van der Waals surface area (Å²) >= 11 is 3.29. The van der Waals surface area contributed by atoms with Gasteiger partial charge in [0.25, 0.3) is 0 Å². The third-order valence-corrected chi connectivity index (χ3v) is 2.20. The lowest BCUT2D eigenvalue weighted by Gasteiger charge is -2.06. The molecule has 0 saturated heterocycles. The lowest BCUT2D eigenvalue weighted by molar-refractivity contribution is 0.460. The number of nitrogen functional groups attached to an aromatic ring is 2. The normalized spacial score (nSPS) is 10.0. The molecule has 0 fully saturated rings. The fourth-order valence-corrected chi connectivity index (χ4v) is 1.48. The first-order chi connectivity index (χ1) is 8.17. The Balaban J connectivity index is 2.26. The van der Waals surface area contributed by atoms with Crippen molar-refractivity contribution in [2.24, 2.45) is 5.84 Å². The number of hydrazine groups is 1. The molecule has 0 atom stereocenters. The van der Waals surface area contributed by atoms with Gasteiger partial charge in [0, 0.05) is 16.7 Å². The lowest BCUT2D eigenvalue weighted by atomic mass is 10.4. The van der Waals surface area contributed by atoms with Gasteiger partial charge in [-0.3, -0.25) is 4.98 Å². The van der Waals surface area contributed by atoms with Crippen molar-refractivity contribution in [2.45, 2.75) is 0 Å². The highest BCUT2D eigenvalue weighted by Crippen LogP contribution is 2.23. The molecular formula is C9H9BrN6O. The number of nitrogens with one attached hydrogen (secondary N) is 1. The summed E-state index contributed by atoms with van der Waals surface area (Å²) in [6.07, 6.45) is 3.20. The Hall–Kier alpha value is -1.93. The molecule has 0 aliphatic heterocycles. The molecule has 0 unspecified atom stereocenters. The Bertz CT molecular complexity index is 535. The Kier molecular flexibility index (Phi) is 3.35. The van der Waals surface area contributed by atoms with E-state index < -0.39 is 0 Å². The van der Waals surface area contributed by atoms with E-state index in [-0.39, 0.29) is 11.8 Å². The smallest absolute Gasteiger partial charge is 0.226 e. The van der Waals surface area contributed by atoms with Gasteiger partial charge in [-0.1, -0.05) is 0 Å². The number of anilines is 2. The molecule has 17 heavy (non-hydrogen) atoms. The number of halogens is 1. The second-order valence-corrected chi connectivity index (χ2v) is 3.95. The molecule has 0 bridgehead atoms. The molecule has 0 aliphatic rings. The Labute approximate surface area is 105 Å². The average Bonchev–Trinajstić information content (AvgIpc) is 2.28. The summed E-state index contributed by atoms with van der Waals surface area (Å²) in [4.78, 5) is 11.7. The SMILES string of the molecule is NNc1cc(Oc2cncc(Br)c2)nc(N)n1. The molecule has 88 valence electrons. The van der Waals surface area contributed by atoms with Crippen LogP contribution >= 0.6 is 15.9 Å². The van der Waals surface area contributed by atoms with E-state index in [0.717, 1.165) is 4.47 Å². The van der Waals surface area contributed by atoms with E-state index in [4.69, 9.17) is 16.3 Å². The van der Waals surface area contributed by atoms with Crippen molar-refractivity contribution in [2.75, 3.05) is 11.2 Å². The standard InChI is InChI=1S/C9H9BrN6O/c10-5-1-6(4-13-3-5)17-8-2-7(16-12)14-9(11)15-8/h1-4H,12H2,(H3,11,14,15,16). The van der Waals surface area contributed by atoms with Gasteiger partial charge in [-0.15, -0.1) is 0 Å². The van der Waals surface area contributed by atoms with Crippen LogP contribution in [0.4, 0.5) is 11.8 Å². The second-order valence-electron chi connectivity index (χ2n) is 3.03. The predicted octanol–water partition coefficient (Wildman–Crippen LogP) is 1.29. The van der Waals surface area contributed by atoms with Gasteiger partial charge in [0.2, 0.25) is 11.8 Å². The van der Waals surface area contributed by atoms with E-state index in [9.17, 15) is 0 Å². The molecule has 8 heteroatoms. The van der Waals surface area contributed by atoms with Crippen LogP contribution in [-0.2, 0) is 0 Å². The summed E-state index contributed by atoms with van der Waals surface area (Å²) in [7, 11) is 0. The Morgan fingerprint density at radius 1 is 1.24 bits per heavy atom. The van der Waals surface area contributed by atoms with Crippen molar-refractivity contribution in [3.05, 3.63) is 29.0 Å². The Morgan fingerprint density at radius 3 is 2.76 bits per heavy atom. The minimum absolute atomic E-state index is 0.0680. The highest BCUT2D eigenvalue weighted by Gasteiger charge is 2.04. The molecule has 2 aromatic heterocycles. The third kappa shape index (κ3) is 3.02. The molecule has 0 spiro atoms. The molecule has 2 rings (SSSR count). The number of hydrogen-bond acceptors (Lipinski definition) is 7. The van der Waals surface area contributed by atoms with Crippen molar-refractivity contribution >= 4 is 27.7 Å². The van der Waals surface area contributed by atoms with Crippen molar-refractivity contribution in [3.63, 3.8) is 0 Å². The number of pyridine rings is 1. The fraction of sp³-hybridized carbons (Fsp3) is 0. The molecular weight excluding hydrogens is 288 g/mol. The van der Waals surface area contributed by atoms with E-state index in [1.54, 1.807) is 18.5 Å². The summed E-state index contributed by atoms with van der Waals surface area (Å²) < 4.78 is 6.26. The summed E-state index contributed by atoms with van der Waals surface area (Å²) in [5.74, 6) is 6.48. The lowest BCUT2D eigenvalue weighted by Crippen LogP contribution is -2.10. The van der Waals surface area contributed by atoms with Crippen LogP contribution in [0, 0.1) is 0 Å². The quantitative estimate of drug-likeness (QED) is 0.578. The van der Waals surface area contributed by atoms with Crippen LogP contribution < -0.4 is 21.7 Å². The van der Waals surface area contributed by atoms with Crippen LogP contribution in [-0.4, -0.2) is 15.0 Å². The number of rotatable bonds is 3. The van der Waals surface area contributed by atoms with Gasteiger partial charge in [-0.05, 0) is 22.0 Å². The minimum atomic E-state index is 0.0680. The number of aromatic nitrogens is 3. The van der Waals surface area contributed by atoms with Crippen LogP contribution in [0.3, 0.4) is 0 Å². The topological polar surface area (TPSA) is 112 Å². The number of nitrogens with zero attached hydrogens (tertiary/aromatic N) is 3. The van der Waals surface area contributed by atoms with Crippen LogP contribution in [0.1, 0.15) is 0 Å². The maximum absolute atomic E-state index is 5.50. The fourth-order valence-electron chi connectivity index (χ4n) is 1.14. The highest BCUT2D eigenvalue weighted by atomic mass is 79.9. The van der Waals surface area contributed by atoms with E-state index in [2.05, 4.69) is 36.3 Å². The maximum Gasteiger partial charge on any atom is 0.226 e. The van der Waals surface area contributed by atoms with Crippen molar-refractivity contribution in [1.82, 2.24) is 15.0 Å². The Morgan fingerprint density at radius 2 is 2.06 bits per heavy atom. The zero-order valence-electron chi connectivity index (χ0n) is 8.59. The van der Waals surface area contributed by atoms with Gasteiger partial charge in [-0.25, -0.2) is 5.84 Å². The van der Waals surface area contributed by atoms with E-state index >= 15 is 0 Å². The third-order valence-electron chi connectivity index (χ3n) is 1.77. The summed E-state index contributed by atoms with van der Waals surface area (Å²) in [5.41, 5.74) is 7.87. The van der Waals surface area contributed by atoms with Gasteiger partial charge in [0.05, 0.1) is 6.20 Å². The van der Waals surface area contributed by atoms with Gasteiger partial charge in [0.15, 0.2) is 0 Å². The highest BCUT2D eigenvalue weighted by molar-refractivity contribution is 9.10. The van der Waals surface area contributed by atoms with Gasteiger partial charge >= 0.3 is 0 Å². The summed E-state index contributed by atoms with van der Waals surface area (Å²) in [5, 5.41) is 0. The molecule has 0 saturated carbocycles. The van der Waals surface area contributed by atoms with Crippen LogP contribution in [0.25, 0.3) is 0 Å². The first kappa shape index (κ1) is 11.6. The zero-order valence-corrected chi connectivity index (χ0v) is 10.2. The minimum Gasteiger partial charge on any atom is -0.437 e. The van der Waals surface area contributed by atoms with E-state index in [1.165, 1.54) is 6.07 Å². The monoisotopic (exact) mass is 296 g/mol. The number of ether oxygens (including phenoxy) is 1. The van der Waals surface area contributed by atoms with Crippen molar-refractivity contribution in [3.8, 4) is 11.6 Å². The second kappa shape index (κ2) is 4.93. The van der Waals surface area contributed by atoms with Crippen molar-refractivity contribution in [1.29, 1.82) is 0 Å². The molecule has 7 nitrogen and oxygen atoms in total. The van der Waals surface area contributed by atoms with E-state index in [1.807, 2.05) is 0 Å². The molecule has 5 N–H and O–H groups in total. The first-order valence-electron chi connectivity index (χ1n) is 4.57. The summed E-state index contributed by atoms with van der Waals surface area (Å²) in [6.45, 7) is 0. The largest absolute Gasteiger partial charge is 0.437 e. The van der Waals surface area contributed by atoms with Crippen molar-refractivity contribution < 1.29 is 4.74 Å². The van der Waals surface area contributed by atoms with Gasteiger partial charge in [0.1, 0.15) is 11.6 Å². The average molecular weight is 297 g/mol. The maximum atomic E-state index is 5.50.